The van der Waals surface area contributed by atoms with Crippen molar-refractivity contribution in [3.05, 3.63) is 60.3 Å². The highest BCUT2D eigenvalue weighted by atomic mass is 32.2. The van der Waals surface area contributed by atoms with Gasteiger partial charge in [0.2, 0.25) is 15.9 Å². The summed E-state index contributed by atoms with van der Waals surface area (Å²) in [6.07, 6.45) is 6.50. The van der Waals surface area contributed by atoms with Crippen LogP contribution in [-0.4, -0.2) is 49.1 Å². The maximum Gasteiger partial charge on any atom is 0.243 e. The van der Waals surface area contributed by atoms with Crippen LogP contribution in [0.2, 0.25) is 0 Å². The van der Waals surface area contributed by atoms with Crippen LogP contribution >= 0.6 is 11.8 Å². The van der Waals surface area contributed by atoms with Gasteiger partial charge in [-0.25, -0.2) is 8.42 Å². The standard InChI is InChI=1S/C24H29N3O3S2/c1-18(24(28)25-13-11-19-5-7-21(31-2)8-6-19)27-16-12-20-17-22(9-10-23(20)27)32(29,30)26-14-3-4-15-26/h5-10,12,16-18H,3-4,11,13-15H2,1-2H3,(H,25,28)/t18-/m1/s1. The molecule has 1 fully saturated rings. The van der Waals surface area contributed by atoms with Gasteiger partial charge in [0, 0.05) is 41.6 Å². The van der Waals surface area contributed by atoms with Crippen LogP contribution in [0.5, 0.6) is 0 Å². The number of rotatable bonds is 8. The van der Waals surface area contributed by atoms with Gasteiger partial charge in [-0.15, -0.1) is 11.8 Å². The number of carbonyl (C=O) groups excluding carboxylic acids is 1. The first-order valence-corrected chi connectivity index (χ1v) is 13.6. The number of benzene rings is 2. The van der Waals surface area contributed by atoms with E-state index in [9.17, 15) is 13.2 Å². The fourth-order valence-corrected chi connectivity index (χ4v) is 6.08. The summed E-state index contributed by atoms with van der Waals surface area (Å²) in [5, 5.41) is 3.84. The van der Waals surface area contributed by atoms with E-state index in [4.69, 9.17) is 0 Å². The van der Waals surface area contributed by atoms with E-state index in [0.29, 0.717) is 24.5 Å². The smallest absolute Gasteiger partial charge is 0.243 e. The number of nitrogens with one attached hydrogen (secondary N) is 1. The molecule has 0 saturated carbocycles. The molecular weight excluding hydrogens is 442 g/mol. The first-order chi connectivity index (χ1) is 15.4. The summed E-state index contributed by atoms with van der Waals surface area (Å²) in [4.78, 5) is 14.3. The highest BCUT2D eigenvalue weighted by Gasteiger charge is 2.27. The molecule has 0 spiro atoms. The van der Waals surface area contributed by atoms with E-state index in [1.807, 2.05) is 23.8 Å². The summed E-state index contributed by atoms with van der Waals surface area (Å²) in [5.74, 6) is -0.0583. The van der Waals surface area contributed by atoms with E-state index < -0.39 is 16.1 Å². The molecule has 1 aromatic heterocycles. The normalized spacial score (nSPS) is 15.8. The Bertz CT molecular complexity index is 1200. The molecule has 2 aromatic carbocycles. The van der Waals surface area contributed by atoms with E-state index in [1.165, 1.54) is 10.5 Å². The predicted molar refractivity (Wildman–Crippen MR) is 130 cm³/mol. The summed E-state index contributed by atoms with van der Waals surface area (Å²) in [6.45, 7) is 3.59. The molecule has 1 aliphatic rings. The number of fused-ring (bicyclic) bond motifs is 1. The third-order valence-electron chi connectivity index (χ3n) is 6.06. The van der Waals surface area contributed by atoms with Gasteiger partial charge in [-0.1, -0.05) is 12.1 Å². The molecule has 1 N–H and O–H groups in total. The van der Waals surface area contributed by atoms with Crippen molar-refractivity contribution in [2.45, 2.75) is 42.0 Å². The van der Waals surface area contributed by atoms with Crippen LogP contribution in [0.1, 0.15) is 31.4 Å². The van der Waals surface area contributed by atoms with Gasteiger partial charge in [0.25, 0.3) is 0 Å². The largest absolute Gasteiger partial charge is 0.354 e. The van der Waals surface area contributed by atoms with Crippen molar-refractivity contribution in [3.63, 3.8) is 0 Å². The lowest BCUT2D eigenvalue weighted by atomic mass is 10.1. The highest BCUT2D eigenvalue weighted by Crippen LogP contribution is 2.27. The molecular formula is C24H29N3O3S2. The average molecular weight is 472 g/mol. The molecule has 0 aliphatic carbocycles. The molecule has 3 aromatic rings. The second-order valence-corrected chi connectivity index (χ2v) is 10.9. The summed E-state index contributed by atoms with van der Waals surface area (Å²) in [7, 11) is -3.46. The van der Waals surface area contributed by atoms with Crippen LogP contribution in [0.4, 0.5) is 0 Å². The number of amides is 1. The molecule has 32 heavy (non-hydrogen) atoms. The Labute approximate surface area is 194 Å². The average Bonchev–Trinajstić information content (AvgIpc) is 3.49. The van der Waals surface area contributed by atoms with Crippen molar-refractivity contribution < 1.29 is 13.2 Å². The minimum absolute atomic E-state index is 0.0583. The molecule has 1 amide bonds. The third kappa shape index (κ3) is 4.72. The Balaban J connectivity index is 1.42. The molecule has 170 valence electrons. The zero-order valence-corrected chi connectivity index (χ0v) is 20.1. The van der Waals surface area contributed by atoms with Crippen LogP contribution in [0.25, 0.3) is 10.9 Å². The molecule has 1 aliphatic heterocycles. The Morgan fingerprint density at radius 2 is 1.81 bits per heavy atom. The Morgan fingerprint density at radius 3 is 2.50 bits per heavy atom. The number of carbonyl (C=O) groups is 1. The highest BCUT2D eigenvalue weighted by molar-refractivity contribution is 7.98. The topological polar surface area (TPSA) is 71.4 Å². The minimum atomic E-state index is -3.46. The molecule has 8 heteroatoms. The molecule has 6 nitrogen and oxygen atoms in total. The van der Waals surface area contributed by atoms with Gasteiger partial charge in [0.1, 0.15) is 6.04 Å². The first kappa shape index (κ1) is 22.9. The van der Waals surface area contributed by atoms with Crippen LogP contribution in [0.15, 0.2) is 64.5 Å². The fourth-order valence-electron chi connectivity index (χ4n) is 4.11. The molecule has 1 atom stereocenters. The molecule has 4 rings (SSSR count). The van der Waals surface area contributed by atoms with Crippen molar-refractivity contribution in [3.8, 4) is 0 Å². The van der Waals surface area contributed by atoms with Crippen LogP contribution < -0.4 is 5.32 Å². The van der Waals surface area contributed by atoms with Crippen LogP contribution in [0.3, 0.4) is 0 Å². The zero-order valence-electron chi connectivity index (χ0n) is 18.5. The van der Waals surface area contributed by atoms with E-state index in [2.05, 4.69) is 35.8 Å². The number of hydrogen-bond donors (Lipinski definition) is 1. The van der Waals surface area contributed by atoms with Crippen molar-refractivity contribution in [1.29, 1.82) is 0 Å². The lowest BCUT2D eigenvalue weighted by molar-refractivity contribution is -0.123. The van der Waals surface area contributed by atoms with E-state index >= 15 is 0 Å². The Morgan fingerprint density at radius 1 is 1.09 bits per heavy atom. The first-order valence-electron chi connectivity index (χ1n) is 10.9. The lowest BCUT2D eigenvalue weighted by Gasteiger charge is -2.17. The molecule has 0 bridgehead atoms. The van der Waals surface area contributed by atoms with Gasteiger partial charge >= 0.3 is 0 Å². The number of sulfonamides is 1. The second-order valence-electron chi connectivity index (χ2n) is 8.12. The van der Waals surface area contributed by atoms with Gasteiger partial charge in [0.05, 0.1) is 4.90 Å². The van der Waals surface area contributed by atoms with E-state index in [1.54, 1.807) is 34.3 Å². The van der Waals surface area contributed by atoms with Gasteiger partial charge in [-0.3, -0.25) is 4.79 Å². The predicted octanol–water partition coefficient (Wildman–Crippen LogP) is 4.07. The van der Waals surface area contributed by atoms with Gasteiger partial charge in [0.15, 0.2) is 0 Å². The molecule has 2 heterocycles. The molecule has 0 unspecified atom stereocenters. The lowest BCUT2D eigenvalue weighted by Crippen LogP contribution is -2.32. The van der Waals surface area contributed by atoms with Crippen molar-refractivity contribution >= 4 is 38.6 Å². The summed E-state index contributed by atoms with van der Waals surface area (Å²) < 4.78 is 29.1. The van der Waals surface area contributed by atoms with E-state index in [0.717, 1.165) is 30.2 Å². The number of nitrogens with zero attached hydrogens (tertiary/aromatic N) is 2. The number of aromatic nitrogens is 1. The minimum Gasteiger partial charge on any atom is -0.354 e. The summed E-state index contributed by atoms with van der Waals surface area (Å²) in [5.41, 5.74) is 2.04. The SMILES string of the molecule is CSc1ccc(CCNC(=O)[C@@H](C)n2ccc3cc(S(=O)(=O)N4CCCC4)ccc32)cc1. The Hall–Kier alpha value is -2.29. The second kappa shape index (κ2) is 9.68. The van der Waals surface area contributed by atoms with Crippen LogP contribution in [-0.2, 0) is 21.2 Å². The number of thioether (sulfide) groups is 1. The van der Waals surface area contributed by atoms with E-state index in [-0.39, 0.29) is 5.91 Å². The molecule has 1 saturated heterocycles. The van der Waals surface area contributed by atoms with Gasteiger partial charge in [-0.2, -0.15) is 4.31 Å². The quantitative estimate of drug-likeness (QED) is 0.503. The Kier molecular flexibility index (Phi) is 6.93. The maximum absolute atomic E-state index is 12.9. The monoisotopic (exact) mass is 471 g/mol. The third-order valence-corrected chi connectivity index (χ3v) is 8.70. The van der Waals surface area contributed by atoms with Gasteiger partial charge < -0.3 is 9.88 Å². The van der Waals surface area contributed by atoms with Crippen molar-refractivity contribution in [2.75, 3.05) is 25.9 Å². The van der Waals surface area contributed by atoms with Crippen LogP contribution in [0, 0.1) is 0 Å². The van der Waals surface area contributed by atoms with Gasteiger partial charge in [-0.05, 0) is 74.4 Å². The number of hydrogen-bond acceptors (Lipinski definition) is 4. The molecule has 0 radical (unpaired) electrons. The van der Waals surface area contributed by atoms with Crippen molar-refractivity contribution in [2.24, 2.45) is 0 Å². The summed E-state index contributed by atoms with van der Waals surface area (Å²) in [6, 6.07) is 15.0. The maximum atomic E-state index is 12.9. The fraction of sp³-hybridized carbons (Fsp3) is 0.375. The zero-order chi connectivity index (χ0) is 22.7. The van der Waals surface area contributed by atoms with Crippen molar-refractivity contribution in [1.82, 2.24) is 14.2 Å². The summed E-state index contributed by atoms with van der Waals surface area (Å²) >= 11 is 1.71.